The highest BCUT2D eigenvalue weighted by Crippen LogP contribution is 2.38. The first-order valence-corrected chi connectivity index (χ1v) is 10.8. The van der Waals surface area contributed by atoms with Crippen molar-refractivity contribution in [2.75, 3.05) is 59.9 Å². The Morgan fingerprint density at radius 2 is 1.55 bits per heavy atom. The van der Waals surface area contributed by atoms with E-state index in [1.807, 2.05) is 11.9 Å². The Morgan fingerprint density at radius 1 is 0.909 bits per heavy atom. The summed E-state index contributed by atoms with van der Waals surface area (Å²) >= 11 is 5.30. The van der Waals surface area contributed by atoms with Crippen LogP contribution in [-0.4, -0.2) is 81.3 Å². The number of nitrogens with zero attached hydrogens (tertiary/aromatic N) is 2. The molecule has 2 aromatic rings. The van der Waals surface area contributed by atoms with E-state index in [1.54, 1.807) is 24.3 Å². The van der Waals surface area contributed by atoms with Crippen molar-refractivity contribution in [3.05, 3.63) is 47.5 Å². The summed E-state index contributed by atoms with van der Waals surface area (Å²) in [4.78, 5) is 29.6. The van der Waals surface area contributed by atoms with Crippen LogP contribution in [0.3, 0.4) is 0 Å². The average molecular weight is 473 g/mol. The quantitative estimate of drug-likeness (QED) is 0.619. The highest BCUT2D eigenvalue weighted by atomic mass is 32.1. The van der Waals surface area contributed by atoms with Crippen LogP contribution in [-0.2, 0) is 0 Å². The Balaban J connectivity index is 1.67. The van der Waals surface area contributed by atoms with Gasteiger partial charge in [-0.3, -0.25) is 14.9 Å². The van der Waals surface area contributed by atoms with Gasteiger partial charge in [-0.2, -0.15) is 0 Å². The van der Waals surface area contributed by atoms with Crippen LogP contribution in [0.5, 0.6) is 17.2 Å². The number of thiocarbonyl (C=S) groups is 1. The van der Waals surface area contributed by atoms with Crippen molar-refractivity contribution >= 4 is 34.8 Å². The van der Waals surface area contributed by atoms with Gasteiger partial charge in [0.2, 0.25) is 5.75 Å². The zero-order valence-corrected chi connectivity index (χ0v) is 20.0. The number of piperazine rings is 1. The standard InChI is InChI=1S/C23H28N4O5S/c1-26-8-10-27(11-9-26)22(29)15-6-5-7-17(12-15)24-23(33)25-21(28)16-13-18(30-2)20(32-4)19(14-16)31-3/h5-7,12-14H,8-11H2,1-4H3,(H2,24,25,28,33). The van der Waals surface area contributed by atoms with Gasteiger partial charge in [0, 0.05) is 43.0 Å². The van der Waals surface area contributed by atoms with Crippen LogP contribution in [0.15, 0.2) is 36.4 Å². The molecule has 1 saturated heterocycles. The van der Waals surface area contributed by atoms with Crippen molar-refractivity contribution in [3.63, 3.8) is 0 Å². The van der Waals surface area contributed by atoms with Crippen molar-refractivity contribution in [2.24, 2.45) is 0 Å². The molecule has 0 unspecified atom stereocenters. The third-order valence-electron chi connectivity index (χ3n) is 5.31. The average Bonchev–Trinajstić information content (AvgIpc) is 2.83. The fourth-order valence-electron chi connectivity index (χ4n) is 3.47. The van der Waals surface area contributed by atoms with Gasteiger partial charge in [0.1, 0.15) is 0 Å². The van der Waals surface area contributed by atoms with E-state index in [0.717, 1.165) is 13.1 Å². The lowest BCUT2D eigenvalue weighted by Gasteiger charge is -2.32. The van der Waals surface area contributed by atoms with E-state index >= 15 is 0 Å². The molecule has 0 spiro atoms. The van der Waals surface area contributed by atoms with Crippen molar-refractivity contribution in [3.8, 4) is 17.2 Å². The molecule has 0 atom stereocenters. The summed E-state index contributed by atoms with van der Waals surface area (Å²) in [5, 5.41) is 5.69. The number of carbonyl (C=O) groups excluding carboxylic acids is 2. The molecule has 2 amide bonds. The van der Waals surface area contributed by atoms with Crippen LogP contribution in [0.2, 0.25) is 0 Å². The normalized spacial score (nSPS) is 13.8. The summed E-state index contributed by atoms with van der Waals surface area (Å²) in [5.74, 6) is 0.627. The highest BCUT2D eigenvalue weighted by molar-refractivity contribution is 7.80. The number of hydrogen-bond acceptors (Lipinski definition) is 7. The Kier molecular flexibility index (Phi) is 8.07. The first kappa shape index (κ1) is 24.3. The second kappa shape index (κ2) is 11.0. The number of carbonyl (C=O) groups is 2. The maximum atomic E-state index is 12.8. The zero-order valence-electron chi connectivity index (χ0n) is 19.1. The monoisotopic (exact) mass is 472 g/mol. The third kappa shape index (κ3) is 5.91. The Morgan fingerprint density at radius 3 is 2.12 bits per heavy atom. The van der Waals surface area contributed by atoms with Gasteiger partial charge in [0.05, 0.1) is 21.3 Å². The molecule has 3 rings (SSSR count). The Labute approximate surface area is 198 Å². The Bertz CT molecular complexity index is 1010. The van der Waals surface area contributed by atoms with Gasteiger partial charge in [-0.05, 0) is 49.6 Å². The summed E-state index contributed by atoms with van der Waals surface area (Å²) in [6.45, 7) is 3.08. The lowest BCUT2D eigenvalue weighted by Crippen LogP contribution is -2.47. The van der Waals surface area contributed by atoms with Gasteiger partial charge in [-0.25, -0.2) is 0 Å². The predicted octanol–water partition coefficient (Wildman–Crippen LogP) is 2.23. The van der Waals surface area contributed by atoms with Crippen LogP contribution < -0.4 is 24.8 Å². The first-order chi connectivity index (χ1) is 15.9. The molecule has 0 aromatic heterocycles. The van der Waals surface area contributed by atoms with Gasteiger partial charge in [0.15, 0.2) is 16.6 Å². The molecule has 1 aliphatic rings. The van der Waals surface area contributed by atoms with E-state index in [-0.39, 0.29) is 16.6 Å². The molecule has 2 N–H and O–H groups in total. The number of ether oxygens (including phenoxy) is 3. The number of benzene rings is 2. The first-order valence-electron chi connectivity index (χ1n) is 10.4. The third-order valence-corrected chi connectivity index (χ3v) is 5.52. The maximum absolute atomic E-state index is 12.8. The molecule has 0 bridgehead atoms. The number of methoxy groups -OCH3 is 3. The van der Waals surface area contributed by atoms with Crippen LogP contribution in [0.1, 0.15) is 20.7 Å². The number of amides is 2. The smallest absolute Gasteiger partial charge is 0.257 e. The summed E-state index contributed by atoms with van der Waals surface area (Å²) in [7, 11) is 6.48. The maximum Gasteiger partial charge on any atom is 0.257 e. The number of rotatable bonds is 6. The van der Waals surface area contributed by atoms with Crippen molar-refractivity contribution in [1.82, 2.24) is 15.1 Å². The molecule has 0 aliphatic carbocycles. The van der Waals surface area contributed by atoms with Gasteiger partial charge in [0.25, 0.3) is 11.8 Å². The summed E-state index contributed by atoms with van der Waals surface area (Å²) in [6.07, 6.45) is 0. The van der Waals surface area contributed by atoms with Gasteiger partial charge in [-0.15, -0.1) is 0 Å². The molecule has 33 heavy (non-hydrogen) atoms. The molecule has 9 nitrogen and oxygen atoms in total. The fraction of sp³-hybridized carbons (Fsp3) is 0.348. The Hall–Kier alpha value is -3.37. The predicted molar refractivity (Wildman–Crippen MR) is 130 cm³/mol. The second-order valence-corrected chi connectivity index (χ2v) is 7.91. The number of nitrogens with one attached hydrogen (secondary N) is 2. The van der Waals surface area contributed by atoms with E-state index in [0.29, 0.717) is 41.6 Å². The van der Waals surface area contributed by atoms with Gasteiger partial charge >= 0.3 is 0 Å². The van der Waals surface area contributed by atoms with E-state index in [4.69, 9.17) is 26.4 Å². The molecule has 0 saturated carbocycles. The largest absolute Gasteiger partial charge is 0.493 e. The topological polar surface area (TPSA) is 92.4 Å². The summed E-state index contributed by atoms with van der Waals surface area (Å²) in [5.41, 5.74) is 1.45. The summed E-state index contributed by atoms with van der Waals surface area (Å²) in [6, 6.07) is 10.1. The SMILES string of the molecule is COc1cc(C(=O)NC(=S)Nc2cccc(C(=O)N3CCN(C)CC3)c2)cc(OC)c1OC. The lowest BCUT2D eigenvalue weighted by molar-refractivity contribution is 0.0664. The minimum absolute atomic E-state index is 0.0286. The molecule has 1 aliphatic heterocycles. The number of hydrogen-bond donors (Lipinski definition) is 2. The van der Waals surface area contributed by atoms with E-state index in [1.165, 1.54) is 33.5 Å². The van der Waals surface area contributed by atoms with E-state index in [2.05, 4.69) is 15.5 Å². The molecule has 10 heteroatoms. The molecule has 1 heterocycles. The molecular weight excluding hydrogens is 444 g/mol. The van der Waals surface area contributed by atoms with Crippen LogP contribution in [0.4, 0.5) is 5.69 Å². The van der Waals surface area contributed by atoms with E-state index in [9.17, 15) is 9.59 Å². The molecule has 0 radical (unpaired) electrons. The lowest BCUT2D eigenvalue weighted by atomic mass is 10.1. The fourth-order valence-corrected chi connectivity index (χ4v) is 3.68. The molecule has 1 fully saturated rings. The zero-order chi connectivity index (χ0) is 24.0. The van der Waals surface area contributed by atoms with Crippen LogP contribution >= 0.6 is 12.2 Å². The van der Waals surface area contributed by atoms with Crippen molar-refractivity contribution in [1.29, 1.82) is 0 Å². The van der Waals surface area contributed by atoms with Gasteiger partial charge in [-0.1, -0.05) is 6.07 Å². The van der Waals surface area contributed by atoms with Gasteiger partial charge < -0.3 is 29.3 Å². The summed E-state index contributed by atoms with van der Waals surface area (Å²) < 4.78 is 15.9. The second-order valence-electron chi connectivity index (χ2n) is 7.50. The van der Waals surface area contributed by atoms with Crippen LogP contribution in [0.25, 0.3) is 0 Å². The molecule has 176 valence electrons. The number of anilines is 1. The molecular formula is C23H28N4O5S. The van der Waals surface area contributed by atoms with E-state index < -0.39 is 5.91 Å². The highest BCUT2D eigenvalue weighted by Gasteiger charge is 2.21. The van der Waals surface area contributed by atoms with Crippen molar-refractivity contribution in [2.45, 2.75) is 0 Å². The van der Waals surface area contributed by atoms with Crippen LogP contribution in [0, 0.1) is 0 Å². The minimum Gasteiger partial charge on any atom is -0.493 e. The molecule has 2 aromatic carbocycles. The van der Waals surface area contributed by atoms with Crippen molar-refractivity contribution < 1.29 is 23.8 Å². The number of likely N-dealkylation sites (N-methyl/N-ethyl adjacent to an activating group) is 1. The minimum atomic E-state index is -0.448.